The molecule has 19 heavy (non-hydrogen) atoms. The van der Waals surface area contributed by atoms with E-state index in [9.17, 15) is 9.50 Å². The molecule has 3 heteroatoms. The van der Waals surface area contributed by atoms with Gasteiger partial charge < -0.3 is 5.11 Å². The van der Waals surface area contributed by atoms with E-state index >= 15 is 0 Å². The lowest BCUT2D eigenvalue weighted by molar-refractivity contribution is -0.0105. The summed E-state index contributed by atoms with van der Waals surface area (Å²) in [4.78, 5) is 0. The average Bonchev–Trinajstić information content (AvgIpc) is 2.37. The molecule has 1 aromatic rings. The second kappa shape index (κ2) is 6.36. The van der Waals surface area contributed by atoms with Crippen LogP contribution in [0.25, 0.3) is 0 Å². The van der Waals surface area contributed by atoms with E-state index in [2.05, 4.69) is 22.9 Å². The molecule has 1 saturated carbocycles. The summed E-state index contributed by atoms with van der Waals surface area (Å²) in [6, 6.07) is 4.94. The quantitative estimate of drug-likeness (QED) is 0.837. The van der Waals surface area contributed by atoms with Gasteiger partial charge in [0.1, 0.15) is 5.82 Å². The zero-order valence-electron chi connectivity index (χ0n) is 11.5. The number of benzene rings is 1. The summed E-state index contributed by atoms with van der Waals surface area (Å²) in [5.41, 5.74) is -0.0999. The lowest BCUT2D eigenvalue weighted by Gasteiger charge is -2.36. The van der Waals surface area contributed by atoms with Gasteiger partial charge in [0, 0.05) is 10.9 Å². The van der Waals surface area contributed by atoms with Gasteiger partial charge in [-0.25, -0.2) is 4.39 Å². The third-order valence-electron chi connectivity index (χ3n) is 4.26. The van der Waals surface area contributed by atoms with Crippen LogP contribution in [-0.2, 0) is 6.42 Å². The molecule has 0 aliphatic heterocycles. The lowest BCUT2D eigenvalue weighted by atomic mass is 9.74. The van der Waals surface area contributed by atoms with E-state index in [1.807, 2.05) is 0 Å². The molecule has 0 atom stereocenters. The first-order valence-corrected chi connectivity index (χ1v) is 7.98. The van der Waals surface area contributed by atoms with Crippen LogP contribution in [0.3, 0.4) is 0 Å². The Morgan fingerprint density at radius 2 is 2.05 bits per heavy atom. The van der Waals surface area contributed by atoms with Crippen molar-refractivity contribution >= 4 is 15.9 Å². The molecule has 1 aliphatic carbocycles. The van der Waals surface area contributed by atoms with Crippen LogP contribution in [0.5, 0.6) is 0 Å². The molecule has 0 heterocycles. The lowest BCUT2D eigenvalue weighted by Crippen LogP contribution is -2.36. The Morgan fingerprint density at radius 1 is 1.37 bits per heavy atom. The zero-order chi connectivity index (χ0) is 13.9. The fourth-order valence-corrected chi connectivity index (χ4v) is 3.53. The Labute approximate surface area is 123 Å². The van der Waals surface area contributed by atoms with E-state index in [0.29, 0.717) is 12.0 Å². The van der Waals surface area contributed by atoms with Crippen LogP contribution in [0.1, 0.15) is 51.0 Å². The smallest absolute Gasteiger partial charge is 0.126 e. The minimum Gasteiger partial charge on any atom is -0.390 e. The number of rotatable bonds is 4. The molecule has 0 radical (unpaired) electrons. The van der Waals surface area contributed by atoms with Crippen LogP contribution in [0.4, 0.5) is 4.39 Å². The normalized spacial score (nSPS) is 27.5. The van der Waals surface area contributed by atoms with E-state index in [4.69, 9.17) is 0 Å². The van der Waals surface area contributed by atoms with Crippen molar-refractivity contribution in [3.05, 3.63) is 34.1 Å². The number of hydrogen-bond donors (Lipinski definition) is 1. The highest BCUT2D eigenvalue weighted by molar-refractivity contribution is 9.10. The third kappa shape index (κ3) is 4.03. The highest BCUT2D eigenvalue weighted by atomic mass is 79.9. The predicted molar refractivity (Wildman–Crippen MR) is 79.6 cm³/mol. The van der Waals surface area contributed by atoms with Gasteiger partial charge in [0.15, 0.2) is 0 Å². The summed E-state index contributed by atoms with van der Waals surface area (Å²) in [6.45, 7) is 2.21. The number of halogens is 2. The van der Waals surface area contributed by atoms with Gasteiger partial charge in [-0.15, -0.1) is 0 Å². The van der Waals surface area contributed by atoms with Crippen molar-refractivity contribution in [1.29, 1.82) is 0 Å². The van der Waals surface area contributed by atoms with Crippen LogP contribution in [0.2, 0.25) is 0 Å². The monoisotopic (exact) mass is 328 g/mol. The molecule has 1 nitrogen and oxygen atoms in total. The van der Waals surface area contributed by atoms with Gasteiger partial charge in [0.25, 0.3) is 0 Å². The molecule has 1 N–H and O–H groups in total. The van der Waals surface area contributed by atoms with Gasteiger partial charge in [-0.2, -0.15) is 0 Å². The van der Waals surface area contributed by atoms with Crippen LogP contribution in [0.15, 0.2) is 22.7 Å². The molecule has 1 aromatic carbocycles. The van der Waals surface area contributed by atoms with E-state index in [1.54, 1.807) is 12.1 Å². The first-order valence-electron chi connectivity index (χ1n) is 7.19. The van der Waals surface area contributed by atoms with Crippen molar-refractivity contribution in [1.82, 2.24) is 0 Å². The van der Waals surface area contributed by atoms with Crippen molar-refractivity contribution < 1.29 is 9.50 Å². The molecule has 0 amide bonds. The SMILES string of the molecule is CCCC1CCC(O)(Cc2cc(Br)ccc2F)CC1. The second-order valence-electron chi connectivity index (χ2n) is 5.87. The van der Waals surface area contributed by atoms with Crippen molar-refractivity contribution in [3.8, 4) is 0 Å². The summed E-state index contributed by atoms with van der Waals surface area (Å²) >= 11 is 3.36. The number of hydrogen-bond acceptors (Lipinski definition) is 1. The third-order valence-corrected chi connectivity index (χ3v) is 4.75. The Balaban J connectivity index is 2.00. The molecular formula is C16H22BrFO. The highest BCUT2D eigenvalue weighted by Gasteiger charge is 2.33. The largest absolute Gasteiger partial charge is 0.390 e. The van der Waals surface area contributed by atoms with Gasteiger partial charge in [0.2, 0.25) is 0 Å². The van der Waals surface area contributed by atoms with Crippen molar-refractivity contribution in [2.45, 2.75) is 57.5 Å². The fourth-order valence-electron chi connectivity index (χ4n) is 3.12. The summed E-state index contributed by atoms with van der Waals surface area (Å²) in [5.74, 6) is 0.532. The maximum atomic E-state index is 13.8. The Kier molecular flexibility index (Phi) is 5.02. The maximum Gasteiger partial charge on any atom is 0.126 e. The van der Waals surface area contributed by atoms with Crippen LogP contribution in [-0.4, -0.2) is 10.7 Å². The van der Waals surface area contributed by atoms with E-state index in [-0.39, 0.29) is 5.82 Å². The van der Waals surface area contributed by atoms with Crippen LogP contribution >= 0.6 is 15.9 Å². The molecule has 0 aromatic heterocycles. The van der Waals surface area contributed by atoms with Crippen LogP contribution < -0.4 is 0 Å². The summed E-state index contributed by atoms with van der Waals surface area (Å²) in [6.07, 6.45) is 6.62. The fraction of sp³-hybridized carbons (Fsp3) is 0.625. The molecule has 2 rings (SSSR count). The van der Waals surface area contributed by atoms with Gasteiger partial charge in [-0.05, 0) is 55.4 Å². The van der Waals surface area contributed by atoms with Crippen molar-refractivity contribution in [2.75, 3.05) is 0 Å². The average molecular weight is 329 g/mol. The number of aliphatic hydroxyl groups is 1. The van der Waals surface area contributed by atoms with Gasteiger partial charge in [-0.1, -0.05) is 35.7 Å². The standard InChI is InChI=1S/C16H22BrFO/c1-2-3-12-6-8-16(19,9-7-12)11-13-10-14(17)4-5-15(13)18/h4-5,10,12,19H,2-3,6-9,11H2,1H3. The summed E-state index contributed by atoms with van der Waals surface area (Å²) in [5, 5.41) is 10.6. The first-order chi connectivity index (χ1) is 9.02. The predicted octanol–water partition coefficient (Wildman–Crippen LogP) is 4.85. The molecule has 1 aliphatic rings. The van der Waals surface area contributed by atoms with E-state index in [1.165, 1.54) is 18.9 Å². The molecule has 0 spiro atoms. The zero-order valence-corrected chi connectivity index (χ0v) is 13.0. The highest BCUT2D eigenvalue weighted by Crippen LogP contribution is 2.37. The van der Waals surface area contributed by atoms with Gasteiger partial charge in [-0.3, -0.25) is 0 Å². The molecule has 0 saturated heterocycles. The summed E-state index contributed by atoms with van der Waals surface area (Å²) in [7, 11) is 0. The summed E-state index contributed by atoms with van der Waals surface area (Å²) < 4.78 is 14.6. The molecule has 106 valence electrons. The Hall–Kier alpha value is -0.410. The molecule has 0 bridgehead atoms. The van der Waals surface area contributed by atoms with Crippen LogP contribution in [0, 0.1) is 11.7 Å². The minimum absolute atomic E-state index is 0.215. The topological polar surface area (TPSA) is 20.2 Å². The maximum absolute atomic E-state index is 13.8. The van der Waals surface area contributed by atoms with E-state index in [0.717, 1.165) is 36.1 Å². The second-order valence-corrected chi connectivity index (χ2v) is 6.78. The van der Waals surface area contributed by atoms with Crippen molar-refractivity contribution in [2.24, 2.45) is 5.92 Å². The van der Waals surface area contributed by atoms with Crippen molar-refractivity contribution in [3.63, 3.8) is 0 Å². The molecule has 1 fully saturated rings. The molecule has 0 unspecified atom stereocenters. The minimum atomic E-state index is -0.716. The van der Waals surface area contributed by atoms with Gasteiger partial charge >= 0.3 is 0 Å². The molecular weight excluding hydrogens is 307 g/mol. The van der Waals surface area contributed by atoms with E-state index < -0.39 is 5.60 Å². The van der Waals surface area contributed by atoms with Gasteiger partial charge in [0.05, 0.1) is 5.60 Å². The Morgan fingerprint density at radius 3 is 2.68 bits per heavy atom. The Bertz CT molecular complexity index is 425. The first kappa shape index (κ1) is 15.0.